The van der Waals surface area contributed by atoms with Gasteiger partial charge >= 0.3 is 0 Å². The first kappa shape index (κ1) is 16.2. The molecule has 0 saturated carbocycles. The van der Waals surface area contributed by atoms with Gasteiger partial charge in [0.15, 0.2) is 5.13 Å². The van der Waals surface area contributed by atoms with Crippen molar-refractivity contribution >= 4 is 22.4 Å². The second-order valence-corrected chi connectivity index (χ2v) is 6.40. The van der Waals surface area contributed by atoms with Gasteiger partial charge in [-0.15, -0.1) is 17.9 Å². The molecule has 0 spiro atoms. The van der Waals surface area contributed by atoms with Gasteiger partial charge in [-0.1, -0.05) is 24.3 Å². The van der Waals surface area contributed by atoms with Crippen molar-refractivity contribution in [1.29, 1.82) is 0 Å². The first-order chi connectivity index (χ1) is 11.6. The SMILES string of the molecule is C=CCn1c(C)cc(-c2csc(NC(=O)c3ccccc3)n2)c1C. The van der Waals surface area contributed by atoms with Gasteiger partial charge in [0, 0.05) is 34.4 Å². The highest BCUT2D eigenvalue weighted by atomic mass is 32.1. The lowest BCUT2D eigenvalue weighted by atomic mass is 10.2. The number of nitrogens with zero attached hydrogens (tertiary/aromatic N) is 2. The maximum Gasteiger partial charge on any atom is 0.257 e. The number of aryl methyl sites for hydroxylation is 1. The summed E-state index contributed by atoms with van der Waals surface area (Å²) in [4.78, 5) is 16.8. The quantitative estimate of drug-likeness (QED) is 0.688. The van der Waals surface area contributed by atoms with Crippen molar-refractivity contribution in [3.63, 3.8) is 0 Å². The Morgan fingerprint density at radius 1 is 1.33 bits per heavy atom. The Labute approximate surface area is 145 Å². The van der Waals surface area contributed by atoms with E-state index in [9.17, 15) is 4.79 Å². The van der Waals surface area contributed by atoms with Gasteiger partial charge in [-0.3, -0.25) is 10.1 Å². The molecular formula is C19H19N3OS. The molecule has 4 nitrogen and oxygen atoms in total. The van der Waals surface area contributed by atoms with Crippen LogP contribution in [0.15, 0.2) is 54.4 Å². The summed E-state index contributed by atoms with van der Waals surface area (Å²) in [7, 11) is 0. The summed E-state index contributed by atoms with van der Waals surface area (Å²) in [5.41, 5.74) is 4.92. The normalized spacial score (nSPS) is 10.6. The van der Waals surface area contributed by atoms with E-state index >= 15 is 0 Å². The smallest absolute Gasteiger partial charge is 0.257 e. The lowest BCUT2D eigenvalue weighted by Gasteiger charge is -2.05. The molecule has 0 atom stereocenters. The van der Waals surface area contributed by atoms with Crippen LogP contribution in [0, 0.1) is 13.8 Å². The summed E-state index contributed by atoms with van der Waals surface area (Å²) < 4.78 is 2.20. The fourth-order valence-electron chi connectivity index (χ4n) is 2.68. The number of allylic oxidation sites excluding steroid dienone is 1. The fourth-order valence-corrected chi connectivity index (χ4v) is 3.39. The van der Waals surface area contributed by atoms with E-state index in [1.165, 1.54) is 17.0 Å². The van der Waals surface area contributed by atoms with E-state index in [1.807, 2.05) is 29.7 Å². The van der Waals surface area contributed by atoms with Gasteiger partial charge in [0.05, 0.1) is 5.69 Å². The maximum atomic E-state index is 12.2. The number of nitrogens with one attached hydrogen (secondary N) is 1. The molecule has 0 aliphatic rings. The van der Waals surface area contributed by atoms with Crippen molar-refractivity contribution in [2.45, 2.75) is 20.4 Å². The Morgan fingerprint density at radius 3 is 2.79 bits per heavy atom. The molecule has 1 N–H and O–H groups in total. The molecule has 0 saturated heterocycles. The molecule has 24 heavy (non-hydrogen) atoms. The summed E-state index contributed by atoms with van der Waals surface area (Å²) in [6.07, 6.45) is 1.89. The third kappa shape index (κ3) is 3.16. The first-order valence-electron chi connectivity index (χ1n) is 7.70. The fraction of sp³-hybridized carbons (Fsp3) is 0.158. The molecule has 2 heterocycles. The zero-order chi connectivity index (χ0) is 17.1. The molecular weight excluding hydrogens is 318 g/mol. The third-order valence-corrected chi connectivity index (χ3v) is 4.68. The summed E-state index contributed by atoms with van der Waals surface area (Å²) in [5.74, 6) is -0.145. The number of amides is 1. The van der Waals surface area contributed by atoms with E-state index in [-0.39, 0.29) is 5.91 Å². The number of thiazole rings is 1. The van der Waals surface area contributed by atoms with Crippen molar-refractivity contribution in [2.75, 3.05) is 5.32 Å². The summed E-state index contributed by atoms with van der Waals surface area (Å²) >= 11 is 1.43. The standard InChI is InChI=1S/C19H19N3OS/c1-4-10-22-13(2)11-16(14(22)3)17-12-24-19(20-17)21-18(23)15-8-6-5-7-9-15/h4-9,11-12H,1,10H2,2-3H3,(H,20,21,23). The second kappa shape index (κ2) is 6.84. The van der Waals surface area contributed by atoms with Crippen LogP contribution in [0.3, 0.4) is 0 Å². The average Bonchev–Trinajstić information content (AvgIpc) is 3.15. The molecule has 1 aromatic carbocycles. The highest BCUT2D eigenvalue weighted by Crippen LogP contribution is 2.30. The van der Waals surface area contributed by atoms with Crippen LogP contribution >= 0.6 is 11.3 Å². The number of benzene rings is 1. The van der Waals surface area contributed by atoms with E-state index in [1.54, 1.807) is 12.1 Å². The highest BCUT2D eigenvalue weighted by molar-refractivity contribution is 7.14. The number of anilines is 1. The predicted molar refractivity (Wildman–Crippen MR) is 99.6 cm³/mol. The van der Waals surface area contributed by atoms with Crippen LogP contribution in [0.2, 0.25) is 0 Å². The topological polar surface area (TPSA) is 46.9 Å². The van der Waals surface area contributed by atoms with Crippen molar-refractivity contribution < 1.29 is 4.79 Å². The van der Waals surface area contributed by atoms with E-state index < -0.39 is 0 Å². The van der Waals surface area contributed by atoms with Gasteiger partial charge in [-0.2, -0.15) is 0 Å². The zero-order valence-electron chi connectivity index (χ0n) is 13.7. The molecule has 5 heteroatoms. The number of aromatic nitrogens is 2. The van der Waals surface area contributed by atoms with Gasteiger partial charge in [-0.25, -0.2) is 4.98 Å². The molecule has 0 aliphatic heterocycles. The molecule has 3 rings (SSSR count). The van der Waals surface area contributed by atoms with Crippen molar-refractivity contribution in [1.82, 2.24) is 9.55 Å². The van der Waals surface area contributed by atoms with Gasteiger partial charge < -0.3 is 4.57 Å². The van der Waals surface area contributed by atoms with Crippen LogP contribution in [0.4, 0.5) is 5.13 Å². The summed E-state index contributed by atoms with van der Waals surface area (Å²) in [5, 5.41) is 5.44. The Morgan fingerprint density at radius 2 is 2.08 bits per heavy atom. The largest absolute Gasteiger partial charge is 0.345 e. The second-order valence-electron chi connectivity index (χ2n) is 5.54. The predicted octanol–water partition coefficient (Wildman–Crippen LogP) is 4.67. The minimum Gasteiger partial charge on any atom is -0.345 e. The van der Waals surface area contributed by atoms with Crippen LogP contribution in [-0.2, 0) is 6.54 Å². The number of carbonyl (C=O) groups is 1. The molecule has 0 aliphatic carbocycles. The minimum absolute atomic E-state index is 0.145. The molecule has 122 valence electrons. The Balaban J connectivity index is 1.82. The maximum absolute atomic E-state index is 12.2. The third-order valence-electron chi connectivity index (χ3n) is 3.92. The van der Waals surface area contributed by atoms with E-state index in [4.69, 9.17) is 0 Å². The lowest BCUT2D eigenvalue weighted by Crippen LogP contribution is -2.11. The molecule has 0 fully saturated rings. The molecule has 0 bridgehead atoms. The van der Waals surface area contributed by atoms with Crippen molar-refractivity contribution in [2.24, 2.45) is 0 Å². The first-order valence-corrected chi connectivity index (χ1v) is 8.58. The summed E-state index contributed by atoms with van der Waals surface area (Å²) in [6, 6.07) is 11.3. The number of carbonyl (C=O) groups excluding carboxylic acids is 1. The van der Waals surface area contributed by atoms with Crippen molar-refractivity contribution in [3.05, 3.63) is 71.4 Å². The van der Waals surface area contributed by atoms with E-state index in [0.29, 0.717) is 10.7 Å². The van der Waals surface area contributed by atoms with E-state index in [2.05, 4.69) is 41.4 Å². The van der Waals surface area contributed by atoms with Crippen LogP contribution in [0.25, 0.3) is 11.3 Å². The number of rotatable bonds is 5. The highest BCUT2D eigenvalue weighted by Gasteiger charge is 2.14. The van der Waals surface area contributed by atoms with Gasteiger partial charge in [0.2, 0.25) is 0 Å². The van der Waals surface area contributed by atoms with Crippen LogP contribution in [0.1, 0.15) is 21.7 Å². The molecule has 3 aromatic rings. The van der Waals surface area contributed by atoms with Crippen LogP contribution in [0.5, 0.6) is 0 Å². The molecule has 0 unspecified atom stereocenters. The molecule has 1 amide bonds. The number of hydrogen-bond acceptors (Lipinski definition) is 3. The summed E-state index contributed by atoms with van der Waals surface area (Å²) in [6.45, 7) is 8.73. The van der Waals surface area contributed by atoms with E-state index in [0.717, 1.165) is 23.5 Å². The van der Waals surface area contributed by atoms with Gasteiger partial charge in [0.1, 0.15) is 0 Å². The van der Waals surface area contributed by atoms with Crippen LogP contribution < -0.4 is 5.32 Å². The molecule has 0 radical (unpaired) electrons. The van der Waals surface area contributed by atoms with Gasteiger partial charge in [0.25, 0.3) is 5.91 Å². The monoisotopic (exact) mass is 337 g/mol. The Hall–Kier alpha value is -2.66. The van der Waals surface area contributed by atoms with Crippen molar-refractivity contribution in [3.8, 4) is 11.3 Å². The number of hydrogen-bond donors (Lipinski definition) is 1. The minimum atomic E-state index is -0.145. The zero-order valence-corrected chi connectivity index (χ0v) is 14.6. The average molecular weight is 337 g/mol. The Bertz CT molecular complexity index is 877. The molecule has 2 aromatic heterocycles. The lowest BCUT2D eigenvalue weighted by molar-refractivity contribution is 0.102. The van der Waals surface area contributed by atoms with Gasteiger partial charge in [-0.05, 0) is 32.0 Å². The van der Waals surface area contributed by atoms with Crippen LogP contribution in [-0.4, -0.2) is 15.5 Å². The Kier molecular flexibility index (Phi) is 4.62.